The topological polar surface area (TPSA) is 51.1 Å². The van der Waals surface area contributed by atoms with E-state index in [1.165, 1.54) is 12.1 Å². The quantitative estimate of drug-likeness (QED) is 0.406. The second-order valence-electron chi connectivity index (χ2n) is 2.44. The summed E-state index contributed by atoms with van der Waals surface area (Å²) in [5.74, 6) is 0.219. The van der Waals surface area contributed by atoms with Crippen LogP contribution in [0.25, 0.3) is 0 Å². The van der Waals surface area contributed by atoms with Crippen LogP contribution in [0.2, 0.25) is 0 Å². The summed E-state index contributed by atoms with van der Waals surface area (Å²) in [5, 5.41) is 11.0. The van der Waals surface area contributed by atoms with E-state index in [0.717, 1.165) is 6.21 Å². The Morgan fingerprint density at radius 2 is 2.31 bits per heavy atom. The number of hydrogen-bond donors (Lipinski definition) is 1. The van der Waals surface area contributed by atoms with E-state index in [4.69, 9.17) is 14.7 Å². The van der Waals surface area contributed by atoms with E-state index < -0.39 is 5.82 Å². The maximum Gasteiger partial charge on any atom is 0.231 e. The van der Waals surface area contributed by atoms with Gasteiger partial charge in [-0.15, -0.1) is 0 Å². The van der Waals surface area contributed by atoms with Crippen LogP contribution in [0.1, 0.15) is 5.56 Å². The van der Waals surface area contributed by atoms with Crippen molar-refractivity contribution in [1.29, 1.82) is 0 Å². The lowest BCUT2D eigenvalue weighted by molar-refractivity contribution is 0.173. The van der Waals surface area contributed by atoms with Crippen molar-refractivity contribution in [1.82, 2.24) is 0 Å². The molecule has 1 aromatic rings. The molecule has 1 N–H and O–H groups in total. The minimum Gasteiger partial charge on any atom is -0.454 e. The lowest BCUT2D eigenvalue weighted by Crippen LogP contribution is -1.95. The van der Waals surface area contributed by atoms with Gasteiger partial charge in [0.15, 0.2) is 11.5 Å². The van der Waals surface area contributed by atoms with Gasteiger partial charge < -0.3 is 14.7 Å². The predicted octanol–water partition coefficient (Wildman–Crippen LogP) is 1.36. The molecule has 0 amide bonds. The Labute approximate surface area is 73.2 Å². The van der Waals surface area contributed by atoms with E-state index in [1.807, 2.05) is 0 Å². The Bertz CT molecular complexity index is 365. The summed E-state index contributed by atoms with van der Waals surface area (Å²) >= 11 is 0. The van der Waals surface area contributed by atoms with Gasteiger partial charge in [-0.25, -0.2) is 4.39 Å². The Morgan fingerprint density at radius 3 is 3.08 bits per heavy atom. The number of hydrogen-bond acceptors (Lipinski definition) is 4. The molecular formula is C8H6FNO3. The number of rotatable bonds is 1. The van der Waals surface area contributed by atoms with Gasteiger partial charge >= 0.3 is 0 Å². The summed E-state index contributed by atoms with van der Waals surface area (Å²) in [5.41, 5.74) is 0.0949. The highest BCUT2D eigenvalue weighted by molar-refractivity contribution is 5.85. The van der Waals surface area contributed by atoms with E-state index in [-0.39, 0.29) is 18.1 Å². The maximum absolute atomic E-state index is 13.1. The Kier molecular flexibility index (Phi) is 1.77. The van der Waals surface area contributed by atoms with Gasteiger partial charge in [0.25, 0.3) is 0 Å². The Hall–Kier alpha value is -1.78. The van der Waals surface area contributed by atoms with Gasteiger partial charge in [0.05, 0.1) is 11.8 Å². The standard InChI is InChI=1S/C8H6FNO3/c9-6-1-2-7-8(13-4-12-7)5(6)3-10-11/h1-3,11H,4H2. The molecule has 0 radical (unpaired) electrons. The SMILES string of the molecule is ON=Cc1c(F)ccc2c1OCO2. The molecule has 0 spiro atoms. The fraction of sp³-hybridized carbons (Fsp3) is 0.125. The normalized spacial score (nSPS) is 13.9. The first kappa shape index (κ1) is 7.85. The molecule has 68 valence electrons. The van der Waals surface area contributed by atoms with Crippen molar-refractivity contribution in [3.63, 3.8) is 0 Å². The molecule has 0 saturated heterocycles. The number of ether oxygens (including phenoxy) is 2. The smallest absolute Gasteiger partial charge is 0.231 e. The molecule has 0 aliphatic carbocycles. The van der Waals surface area contributed by atoms with Crippen molar-refractivity contribution in [3.05, 3.63) is 23.5 Å². The van der Waals surface area contributed by atoms with Crippen LogP contribution in [0.3, 0.4) is 0 Å². The summed E-state index contributed by atoms with van der Waals surface area (Å²) in [6.07, 6.45) is 0.975. The molecule has 0 fully saturated rings. The lowest BCUT2D eigenvalue weighted by atomic mass is 10.2. The zero-order chi connectivity index (χ0) is 9.26. The second kappa shape index (κ2) is 2.93. The first-order valence-corrected chi connectivity index (χ1v) is 3.58. The molecule has 1 aliphatic heterocycles. The molecule has 0 aromatic heterocycles. The number of fused-ring (bicyclic) bond motifs is 1. The van der Waals surface area contributed by atoms with Crippen molar-refractivity contribution in [3.8, 4) is 11.5 Å². The van der Waals surface area contributed by atoms with Crippen molar-refractivity contribution in [2.45, 2.75) is 0 Å². The summed E-state index contributed by atoms with van der Waals surface area (Å²) < 4.78 is 23.1. The van der Waals surface area contributed by atoms with Crippen LogP contribution in [0, 0.1) is 5.82 Å². The third-order valence-electron chi connectivity index (χ3n) is 1.71. The van der Waals surface area contributed by atoms with Gasteiger partial charge in [-0.3, -0.25) is 0 Å². The Morgan fingerprint density at radius 1 is 1.46 bits per heavy atom. The van der Waals surface area contributed by atoms with Crippen LogP contribution in [-0.2, 0) is 0 Å². The number of oxime groups is 1. The third-order valence-corrected chi connectivity index (χ3v) is 1.71. The van der Waals surface area contributed by atoms with Gasteiger partial charge in [-0.05, 0) is 12.1 Å². The summed E-state index contributed by atoms with van der Waals surface area (Å²) in [4.78, 5) is 0. The molecule has 4 nitrogen and oxygen atoms in total. The van der Waals surface area contributed by atoms with Crippen LogP contribution in [0.4, 0.5) is 4.39 Å². The zero-order valence-corrected chi connectivity index (χ0v) is 6.53. The average molecular weight is 183 g/mol. The van der Waals surface area contributed by atoms with E-state index in [1.54, 1.807) is 0 Å². The highest BCUT2D eigenvalue weighted by Crippen LogP contribution is 2.35. The monoisotopic (exact) mass is 183 g/mol. The van der Waals surface area contributed by atoms with E-state index in [9.17, 15) is 4.39 Å². The van der Waals surface area contributed by atoms with Crippen LogP contribution in [0.15, 0.2) is 17.3 Å². The summed E-state index contributed by atoms with van der Waals surface area (Å²) in [7, 11) is 0. The first-order valence-electron chi connectivity index (χ1n) is 3.58. The molecule has 0 bridgehead atoms. The maximum atomic E-state index is 13.1. The van der Waals surface area contributed by atoms with Gasteiger partial charge in [0.1, 0.15) is 5.82 Å². The zero-order valence-electron chi connectivity index (χ0n) is 6.53. The van der Waals surface area contributed by atoms with E-state index in [0.29, 0.717) is 5.75 Å². The van der Waals surface area contributed by atoms with Gasteiger partial charge in [-0.2, -0.15) is 0 Å². The predicted molar refractivity (Wildman–Crippen MR) is 41.9 cm³/mol. The number of nitrogens with zero attached hydrogens (tertiary/aromatic N) is 1. The first-order chi connectivity index (χ1) is 6.33. The summed E-state index contributed by atoms with van der Waals surface area (Å²) in [6.45, 7) is 0.0606. The second-order valence-corrected chi connectivity index (χ2v) is 2.44. The largest absolute Gasteiger partial charge is 0.454 e. The highest BCUT2D eigenvalue weighted by Gasteiger charge is 2.19. The molecule has 0 unspecified atom stereocenters. The molecule has 0 atom stereocenters. The van der Waals surface area contributed by atoms with Gasteiger partial charge in [-0.1, -0.05) is 5.16 Å². The number of benzene rings is 1. The van der Waals surface area contributed by atoms with E-state index >= 15 is 0 Å². The highest BCUT2D eigenvalue weighted by atomic mass is 19.1. The van der Waals surface area contributed by atoms with Crippen LogP contribution < -0.4 is 9.47 Å². The van der Waals surface area contributed by atoms with Crippen LogP contribution in [0.5, 0.6) is 11.5 Å². The lowest BCUT2D eigenvalue weighted by Gasteiger charge is -2.00. The number of halogens is 1. The fourth-order valence-corrected chi connectivity index (χ4v) is 1.15. The molecule has 1 aromatic carbocycles. The molecule has 13 heavy (non-hydrogen) atoms. The minimum atomic E-state index is -0.512. The molecule has 5 heteroatoms. The summed E-state index contributed by atoms with van der Waals surface area (Å²) in [6, 6.07) is 2.69. The van der Waals surface area contributed by atoms with Crippen LogP contribution in [-0.4, -0.2) is 18.2 Å². The van der Waals surface area contributed by atoms with Crippen molar-refractivity contribution in [2.75, 3.05) is 6.79 Å². The van der Waals surface area contributed by atoms with E-state index in [2.05, 4.69) is 5.16 Å². The van der Waals surface area contributed by atoms with Crippen molar-refractivity contribution < 1.29 is 19.1 Å². The third kappa shape index (κ3) is 1.18. The molecule has 1 aliphatic rings. The Balaban J connectivity index is 2.58. The fourth-order valence-electron chi connectivity index (χ4n) is 1.15. The average Bonchev–Trinajstić information content (AvgIpc) is 2.58. The molecular weight excluding hydrogens is 177 g/mol. The minimum absolute atomic E-state index is 0.0606. The van der Waals surface area contributed by atoms with Crippen molar-refractivity contribution >= 4 is 6.21 Å². The van der Waals surface area contributed by atoms with Crippen LogP contribution >= 0.6 is 0 Å². The molecule has 1 heterocycles. The molecule has 2 rings (SSSR count). The molecule has 0 saturated carbocycles. The van der Waals surface area contributed by atoms with Gasteiger partial charge in [0.2, 0.25) is 6.79 Å². The van der Waals surface area contributed by atoms with Crippen molar-refractivity contribution in [2.24, 2.45) is 5.16 Å². The van der Waals surface area contributed by atoms with Gasteiger partial charge in [0, 0.05) is 0 Å².